The summed E-state index contributed by atoms with van der Waals surface area (Å²) in [5, 5.41) is 2.33. The number of nitrogen functional groups attached to an aromatic ring is 1. The molecule has 38 heavy (non-hydrogen) atoms. The van der Waals surface area contributed by atoms with Crippen molar-refractivity contribution in [3.05, 3.63) is 94.5 Å². The molecule has 7 nitrogen and oxygen atoms in total. The summed E-state index contributed by atoms with van der Waals surface area (Å²) < 4.78 is 73.5. The van der Waals surface area contributed by atoms with Crippen LogP contribution in [0.2, 0.25) is 0 Å². The number of aromatic nitrogens is 2. The zero-order chi connectivity index (χ0) is 27.6. The van der Waals surface area contributed by atoms with Gasteiger partial charge in [-0.1, -0.05) is 12.1 Å². The second-order valence-electron chi connectivity index (χ2n) is 8.13. The quantitative estimate of drug-likeness (QED) is 0.332. The zero-order valence-electron chi connectivity index (χ0n) is 19.6. The van der Waals surface area contributed by atoms with E-state index in [9.17, 15) is 27.2 Å². The highest BCUT2D eigenvalue weighted by Gasteiger charge is 2.29. The molecule has 0 bridgehead atoms. The fourth-order valence-corrected chi connectivity index (χ4v) is 3.82. The molecule has 0 aliphatic carbocycles. The van der Waals surface area contributed by atoms with Gasteiger partial charge in [-0.25, -0.2) is 13.8 Å². The number of nitrogens with two attached hydrogens (primary N) is 1. The first-order valence-corrected chi connectivity index (χ1v) is 10.9. The lowest BCUT2D eigenvalue weighted by Gasteiger charge is -2.15. The van der Waals surface area contributed by atoms with E-state index in [1.165, 1.54) is 43.6 Å². The molecule has 12 heteroatoms. The van der Waals surface area contributed by atoms with Gasteiger partial charge in [0.2, 0.25) is 5.43 Å². The van der Waals surface area contributed by atoms with Crippen LogP contribution in [0.15, 0.2) is 71.9 Å². The SMILES string of the molecule is COc1ccnc(N)c1-c1ccc(NC(=O)c2cn(CC(F)(F)F)cc(-c3ccc(F)cc3)c2=O)cc1F. The Balaban J connectivity index is 1.71. The second-order valence-corrected chi connectivity index (χ2v) is 8.13. The molecule has 2 heterocycles. The molecule has 196 valence electrons. The van der Waals surface area contributed by atoms with Gasteiger partial charge in [0.25, 0.3) is 5.91 Å². The van der Waals surface area contributed by atoms with Gasteiger partial charge in [0.05, 0.1) is 12.7 Å². The summed E-state index contributed by atoms with van der Waals surface area (Å²) in [6.45, 7) is -1.49. The summed E-state index contributed by atoms with van der Waals surface area (Å²) in [7, 11) is 1.37. The average Bonchev–Trinajstić information content (AvgIpc) is 2.85. The van der Waals surface area contributed by atoms with Crippen molar-refractivity contribution in [1.29, 1.82) is 0 Å². The number of carbonyl (C=O) groups is 1. The molecule has 0 aliphatic rings. The van der Waals surface area contributed by atoms with Gasteiger partial charge >= 0.3 is 6.18 Å². The smallest absolute Gasteiger partial charge is 0.406 e. The van der Waals surface area contributed by atoms with E-state index in [4.69, 9.17) is 10.5 Å². The lowest BCUT2D eigenvalue weighted by Crippen LogP contribution is -2.27. The molecule has 0 saturated heterocycles. The maximum absolute atomic E-state index is 15.0. The molecular formula is C26H19F5N4O3. The van der Waals surface area contributed by atoms with Crippen LogP contribution in [0.5, 0.6) is 5.75 Å². The maximum atomic E-state index is 15.0. The Kier molecular flexibility index (Phi) is 7.15. The molecule has 4 rings (SSSR count). The van der Waals surface area contributed by atoms with Crippen molar-refractivity contribution in [3.63, 3.8) is 0 Å². The second kappa shape index (κ2) is 10.3. The standard InChI is InChI=1S/C26H19F5N4O3/c1-38-21-8-9-33-24(32)22(21)17-7-6-16(10-20(17)28)34-25(37)19-12-35(13-26(29,30)31)11-18(23(19)36)14-2-4-15(27)5-3-14/h2-12H,13H2,1H3,(H2,32,33)(H,34,37). The fourth-order valence-electron chi connectivity index (χ4n) is 3.82. The first-order chi connectivity index (χ1) is 18.0. The molecule has 3 N–H and O–H groups in total. The third-order valence-electron chi connectivity index (χ3n) is 5.50. The van der Waals surface area contributed by atoms with E-state index in [1.807, 2.05) is 0 Å². The van der Waals surface area contributed by atoms with Gasteiger partial charge in [0, 0.05) is 35.4 Å². The van der Waals surface area contributed by atoms with Crippen LogP contribution in [0.3, 0.4) is 0 Å². The minimum atomic E-state index is -4.66. The number of amides is 1. The molecular weight excluding hydrogens is 511 g/mol. The van der Waals surface area contributed by atoms with Crippen LogP contribution in [-0.4, -0.2) is 28.7 Å². The van der Waals surface area contributed by atoms with Crippen LogP contribution in [-0.2, 0) is 6.54 Å². The number of ether oxygens (including phenoxy) is 1. The number of methoxy groups -OCH3 is 1. The molecule has 0 radical (unpaired) electrons. The van der Waals surface area contributed by atoms with Crippen LogP contribution in [0, 0.1) is 11.6 Å². The average molecular weight is 530 g/mol. The van der Waals surface area contributed by atoms with Crippen molar-refractivity contribution in [2.45, 2.75) is 12.7 Å². The number of nitrogens with one attached hydrogen (secondary N) is 1. The lowest BCUT2D eigenvalue weighted by molar-refractivity contribution is -0.140. The number of anilines is 2. The van der Waals surface area contributed by atoms with Gasteiger partial charge in [-0.2, -0.15) is 13.2 Å². The van der Waals surface area contributed by atoms with Gasteiger partial charge in [-0.05, 0) is 42.0 Å². The Hall–Kier alpha value is -4.74. The monoisotopic (exact) mass is 530 g/mol. The Labute approximate surface area is 212 Å². The fraction of sp³-hybridized carbons (Fsp3) is 0.115. The van der Waals surface area contributed by atoms with E-state index < -0.39 is 41.3 Å². The van der Waals surface area contributed by atoms with E-state index in [-0.39, 0.29) is 39.5 Å². The van der Waals surface area contributed by atoms with E-state index in [0.29, 0.717) is 4.57 Å². The van der Waals surface area contributed by atoms with Gasteiger partial charge in [-0.15, -0.1) is 0 Å². The molecule has 2 aromatic carbocycles. The number of alkyl halides is 3. The van der Waals surface area contributed by atoms with Crippen LogP contribution in [0.1, 0.15) is 10.4 Å². The number of carbonyl (C=O) groups excluding carboxylic acids is 1. The summed E-state index contributed by atoms with van der Waals surface area (Å²) in [5.41, 5.74) is 4.35. The third kappa shape index (κ3) is 5.64. The Morgan fingerprint density at radius 3 is 2.39 bits per heavy atom. The predicted octanol–water partition coefficient (Wildman–Crippen LogP) is 5.26. The van der Waals surface area contributed by atoms with Gasteiger partial charge in [0.1, 0.15) is 35.3 Å². The summed E-state index contributed by atoms with van der Waals surface area (Å²) in [6, 6.07) is 9.54. The minimum Gasteiger partial charge on any atom is -0.496 e. The number of hydrogen-bond donors (Lipinski definition) is 2. The van der Waals surface area contributed by atoms with Crippen LogP contribution >= 0.6 is 0 Å². The molecule has 0 aliphatic heterocycles. The summed E-state index contributed by atoms with van der Waals surface area (Å²) in [6.07, 6.45) is -1.59. The highest BCUT2D eigenvalue weighted by Crippen LogP contribution is 2.36. The Morgan fingerprint density at radius 2 is 1.76 bits per heavy atom. The number of hydrogen-bond acceptors (Lipinski definition) is 5. The number of benzene rings is 2. The molecule has 0 spiro atoms. The number of nitrogens with zero attached hydrogens (tertiary/aromatic N) is 2. The van der Waals surface area contributed by atoms with E-state index in [2.05, 4.69) is 10.3 Å². The summed E-state index contributed by atoms with van der Waals surface area (Å²) >= 11 is 0. The zero-order valence-corrected chi connectivity index (χ0v) is 19.6. The van der Waals surface area contributed by atoms with Crippen LogP contribution in [0.4, 0.5) is 33.5 Å². The van der Waals surface area contributed by atoms with Crippen molar-refractivity contribution >= 4 is 17.4 Å². The summed E-state index contributed by atoms with van der Waals surface area (Å²) in [5.74, 6) is -2.23. The minimum absolute atomic E-state index is 0.00265. The molecule has 0 unspecified atom stereocenters. The third-order valence-corrected chi connectivity index (χ3v) is 5.50. The van der Waals surface area contributed by atoms with Crippen LogP contribution < -0.4 is 21.2 Å². The van der Waals surface area contributed by atoms with Crippen LogP contribution in [0.25, 0.3) is 22.3 Å². The normalized spacial score (nSPS) is 11.3. The highest BCUT2D eigenvalue weighted by molar-refractivity contribution is 6.04. The molecule has 0 atom stereocenters. The van der Waals surface area contributed by atoms with Crippen molar-refractivity contribution in [2.75, 3.05) is 18.2 Å². The van der Waals surface area contributed by atoms with Crippen molar-refractivity contribution < 1.29 is 31.5 Å². The van der Waals surface area contributed by atoms with Crippen molar-refractivity contribution in [3.8, 4) is 28.0 Å². The Bertz CT molecular complexity index is 1570. The molecule has 0 fully saturated rings. The topological polar surface area (TPSA) is 99.2 Å². The largest absolute Gasteiger partial charge is 0.496 e. The van der Waals surface area contributed by atoms with E-state index >= 15 is 4.39 Å². The molecule has 4 aromatic rings. The number of rotatable bonds is 6. The lowest BCUT2D eigenvalue weighted by atomic mass is 10.0. The van der Waals surface area contributed by atoms with Crippen molar-refractivity contribution in [1.82, 2.24) is 9.55 Å². The van der Waals surface area contributed by atoms with E-state index in [1.54, 1.807) is 0 Å². The molecule has 1 amide bonds. The van der Waals surface area contributed by atoms with Gasteiger partial charge in [0.15, 0.2) is 0 Å². The molecule has 0 saturated carbocycles. The molecule has 2 aromatic heterocycles. The predicted molar refractivity (Wildman–Crippen MR) is 131 cm³/mol. The van der Waals surface area contributed by atoms with Crippen molar-refractivity contribution in [2.24, 2.45) is 0 Å². The van der Waals surface area contributed by atoms with E-state index in [0.717, 1.165) is 30.6 Å². The Morgan fingerprint density at radius 1 is 1.05 bits per heavy atom. The maximum Gasteiger partial charge on any atom is 0.406 e. The van der Waals surface area contributed by atoms with Gasteiger partial charge < -0.3 is 20.4 Å². The highest BCUT2D eigenvalue weighted by atomic mass is 19.4. The first-order valence-electron chi connectivity index (χ1n) is 10.9. The number of pyridine rings is 2. The first kappa shape index (κ1) is 26.3. The number of halogens is 5. The van der Waals surface area contributed by atoms with Gasteiger partial charge in [-0.3, -0.25) is 9.59 Å². The summed E-state index contributed by atoms with van der Waals surface area (Å²) in [4.78, 5) is 30.0.